The molecule has 3 aliphatic rings. The summed E-state index contributed by atoms with van der Waals surface area (Å²) in [7, 11) is 2.07. The zero-order valence-corrected chi connectivity index (χ0v) is 9.98. The molecule has 2 aromatic rings. The lowest BCUT2D eigenvalue weighted by Gasteiger charge is -2.41. The molecule has 2 bridgehead atoms. The molecule has 17 heavy (non-hydrogen) atoms. The van der Waals surface area contributed by atoms with E-state index in [9.17, 15) is 5.11 Å². The van der Waals surface area contributed by atoms with Gasteiger partial charge in [0.1, 0.15) is 11.6 Å². The number of fused-ring (bicyclic) bond motifs is 3. The highest BCUT2D eigenvalue weighted by Gasteiger charge is 2.35. The van der Waals surface area contributed by atoms with Gasteiger partial charge in [-0.2, -0.15) is 0 Å². The van der Waals surface area contributed by atoms with Gasteiger partial charge in [-0.1, -0.05) is 12.1 Å². The van der Waals surface area contributed by atoms with E-state index in [0.29, 0.717) is 11.7 Å². The van der Waals surface area contributed by atoms with E-state index in [1.807, 2.05) is 6.07 Å². The molecule has 0 unspecified atom stereocenters. The summed E-state index contributed by atoms with van der Waals surface area (Å²) in [6.45, 7) is 2.34. The van der Waals surface area contributed by atoms with Gasteiger partial charge in [-0.05, 0) is 24.8 Å². The number of hydrogen-bond donors (Lipinski definition) is 1. The van der Waals surface area contributed by atoms with Crippen molar-refractivity contribution >= 4 is 16.7 Å². The second-order valence-corrected chi connectivity index (χ2v) is 5.23. The normalized spacial score (nSPS) is 19.0. The molecule has 0 radical (unpaired) electrons. The van der Waals surface area contributed by atoms with Gasteiger partial charge in [-0.3, -0.25) is 0 Å². The van der Waals surface area contributed by atoms with Crippen molar-refractivity contribution in [1.29, 1.82) is 0 Å². The molecule has 3 heteroatoms. The van der Waals surface area contributed by atoms with Crippen molar-refractivity contribution in [3.63, 3.8) is 0 Å². The summed E-state index contributed by atoms with van der Waals surface area (Å²) in [5.74, 6) is 2.43. The topological polar surface area (TPSA) is 28.4 Å². The Morgan fingerprint density at radius 2 is 2.00 bits per heavy atom. The average Bonchev–Trinajstić information content (AvgIpc) is 2.69. The summed E-state index contributed by atoms with van der Waals surface area (Å²) < 4.78 is 2.17. The van der Waals surface area contributed by atoms with Crippen LogP contribution in [0.2, 0.25) is 0 Å². The first-order valence-electron chi connectivity index (χ1n) is 6.32. The Bertz CT molecular complexity index is 606. The molecule has 1 saturated heterocycles. The molecule has 88 valence electrons. The lowest BCUT2D eigenvalue weighted by Crippen LogP contribution is -2.39. The van der Waals surface area contributed by atoms with Gasteiger partial charge in [0, 0.05) is 31.1 Å². The number of aryl methyl sites for hydroxylation is 1. The van der Waals surface area contributed by atoms with Crippen LogP contribution in [-0.4, -0.2) is 22.8 Å². The average molecular weight is 228 g/mol. The van der Waals surface area contributed by atoms with Crippen LogP contribution in [0, 0.1) is 0 Å². The Morgan fingerprint density at radius 3 is 2.76 bits per heavy atom. The Labute approximate surface area is 100 Å². The molecule has 0 spiro atoms. The molecule has 1 aromatic heterocycles. The second kappa shape index (κ2) is 2.97. The van der Waals surface area contributed by atoms with Crippen LogP contribution in [0.4, 0.5) is 5.82 Å². The highest BCUT2D eigenvalue weighted by Crippen LogP contribution is 2.48. The number of hydrogen-bond acceptors (Lipinski definition) is 2. The number of aromatic hydroxyl groups is 1. The van der Waals surface area contributed by atoms with Crippen molar-refractivity contribution < 1.29 is 5.11 Å². The third-order valence-corrected chi connectivity index (χ3v) is 4.40. The zero-order chi connectivity index (χ0) is 11.6. The number of anilines is 1. The summed E-state index contributed by atoms with van der Waals surface area (Å²) in [6, 6.07) is 5.89. The van der Waals surface area contributed by atoms with E-state index in [4.69, 9.17) is 0 Å². The van der Waals surface area contributed by atoms with Gasteiger partial charge < -0.3 is 14.6 Å². The van der Waals surface area contributed by atoms with E-state index >= 15 is 0 Å². The van der Waals surface area contributed by atoms with Crippen LogP contribution in [0.5, 0.6) is 5.75 Å². The molecule has 0 atom stereocenters. The minimum Gasteiger partial charge on any atom is -0.506 e. The molecule has 4 heterocycles. The number of para-hydroxylation sites is 1. The summed E-state index contributed by atoms with van der Waals surface area (Å²) in [6.07, 6.45) is 2.53. The molecule has 3 aliphatic heterocycles. The fourth-order valence-corrected chi connectivity index (χ4v) is 3.67. The number of aromatic nitrogens is 1. The SMILES string of the molecule is Cn1c2c(c3cccc(O)c31)C1CCN2CC1. The monoisotopic (exact) mass is 228 g/mol. The fraction of sp³-hybridized carbons (Fsp3) is 0.429. The van der Waals surface area contributed by atoms with E-state index in [1.165, 1.54) is 42.7 Å². The van der Waals surface area contributed by atoms with E-state index in [0.717, 1.165) is 5.52 Å². The Hall–Kier alpha value is -1.64. The highest BCUT2D eigenvalue weighted by molar-refractivity contribution is 5.95. The summed E-state index contributed by atoms with van der Waals surface area (Å²) in [5.41, 5.74) is 2.47. The van der Waals surface area contributed by atoms with Crippen LogP contribution >= 0.6 is 0 Å². The number of benzene rings is 1. The Morgan fingerprint density at radius 1 is 1.24 bits per heavy atom. The van der Waals surface area contributed by atoms with Crippen molar-refractivity contribution in [3.8, 4) is 5.75 Å². The van der Waals surface area contributed by atoms with Crippen LogP contribution < -0.4 is 4.90 Å². The van der Waals surface area contributed by atoms with Crippen molar-refractivity contribution in [2.45, 2.75) is 18.8 Å². The predicted octanol–water partition coefficient (Wildman–Crippen LogP) is 2.58. The summed E-state index contributed by atoms with van der Waals surface area (Å²) >= 11 is 0. The molecule has 0 aliphatic carbocycles. The van der Waals surface area contributed by atoms with Crippen molar-refractivity contribution in [1.82, 2.24) is 4.57 Å². The van der Waals surface area contributed by atoms with Crippen molar-refractivity contribution in [3.05, 3.63) is 23.8 Å². The molecule has 0 amide bonds. The molecule has 1 fully saturated rings. The van der Waals surface area contributed by atoms with Gasteiger partial charge in [-0.25, -0.2) is 0 Å². The second-order valence-electron chi connectivity index (χ2n) is 5.23. The quantitative estimate of drug-likeness (QED) is 0.750. The van der Waals surface area contributed by atoms with Gasteiger partial charge in [-0.15, -0.1) is 0 Å². The van der Waals surface area contributed by atoms with Crippen LogP contribution in [-0.2, 0) is 7.05 Å². The van der Waals surface area contributed by atoms with Crippen molar-refractivity contribution in [2.24, 2.45) is 7.05 Å². The Kier molecular flexibility index (Phi) is 1.64. The smallest absolute Gasteiger partial charge is 0.139 e. The number of rotatable bonds is 0. The van der Waals surface area contributed by atoms with Gasteiger partial charge in [0.2, 0.25) is 0 Å². The summed E-state index contributed by atoms with van der Waals surface area (Å²) in [5, 5.41) is 11.3. The molecule has 0 saturated carbocycles. The molecule has 3 nitrogen and oxygen atoms in total. The van der Waals surface area contributed by atoms with Crippen LogP contribution in [0.3, 0.4) is 0 Å². The summed E-state index contributed by atoms with van der Waals surface area (Å²) in [4.78, 5) is 2.47. The number of phenolic OH excluding ortho intramolecular Hbond substituents is 1. The van der Waals surface area contributed by atoms with Crippen LogP contribution in [0.15, 0.2) is 18.2 Å². The molecular weight excluding hydrogens is 212 g/mol. The van der Waals surface area contributed by atoms with Crippen LogP contribution in [0.25, 0.3) is 10.9 Å². The minimum absolute atomic E-state index is 0.403. The lowest BCUT2D eigenvalue weighted by molar-refractivity contribution is 0.467. The van der Waals surface area contributed by atoms with E-state index in [2.05, 4.69) is 22.6 Å². The van der Waals surface area contributed by atoms with Gasteiger partial charge in [0.15, 0.2) is 0 Å². The van der Waals surface area contributed by atoms with Gasteiger partial charge in [0.25, 0.3) is 0 Å². The van der Waals surface area contributed by atoms with E-state index in [1.54, 1.807) is 6.07 Å². The maximum Gasteiger partial charge on any atom is 0.139 e. The molecular formula is C14H16N2O. The minimum atomic E-state index is 0.403. The molecule has 1 aromatic carbocycles. The fourth-order valence-electron chi connectivity index (χ4n) is 3.67. The first-order chi connectivity index (χ1) is 8.27. The lowest BCUT2D eigenvalue weighted by atomic mass is 9.84. The third-order valence-electron chi connectivity index (χ3n) is 4.40. The van der Waals surface area contributed by atoms with Gasteiger partial charge >= 0.3 is 0 Å². The first-order valence-corrected chi connectivity index (χ1v) is 6.32. The van der Waals surface area contributed by atoms with E-state index in [-0.39, 0.29) is 0 Å². The standard InChI is InChI=1S/C14H16N2O/c1-15-13-10(3-2-4-11(13)17)12-9-5-7-16(8-6-9)14(12)15/h2-4,9,17H,5-8H2,1H3. The predicted molar refractivity (Wildman–Crippen MR) is 68.8 cm³/mol. The van der Waals surface area contributed by atoms with Crippen molar-refractivity contribution in [2.75, 3.05) is 18.0 Å². The number of piperidine rings is 1. The molecule has 5 rings (SSSR count). The van der Waals surface area contributed by atoms with E-state index < -0.39 is 0 Å². The van der Waals surface area contributed by atoms with Crippen LogP contribution in [0.1, 0.15) is 24.3 Å². The number of nitrogens with zero attached hydrogens (tertiary/aromatic N) is 2. The molecule has 1 N–H and O–H groups in total. The van der Waals surface area contributed by atoms with Gasteiger partial charge in [0.05, 0.1) is 5.52 Å². The first kappa shape index (κ1) is 9.40. The maximum absolute atomic E-state index is 10.1. The zero-order valence-electron chi connectivity index (χ0n) is 9.98. The third kappa shape index (κ3) is 1.02. The largest absolute Gasteiger partial charge is 0.506 e. The number of phenols is 1. The highest BCUT2D eigenvalue weighted by atomic mass is 16.3. The maximum atomic E-state index is 10.1. The Balaban J connectivity index is 2.17.